The van der Waals surface area contributed by atoms with Crippen molar-refractivity contribution in [2.75, 3.05) is 18.0 Å². The van der Waals surface area contributed by atoms with Crippen LogP contribution in [-0.4, -0.2) is 45.9 Å². The lowest BCUT2D eigenvalue weighted by Gasteiger charge is -2.57. The SMILES string of the molecule is N#Cc1nccnc1N1C[C@H]2C[C@@H](C1)[C@H](Cc1ccccc1)N1C(=O)CCC[C@@H]21. The lowest BCUT2D eigenvalue weighted by molar-refractivity contribution is -0.148. The highest BCUT2D eigenvalue weighted by atomic mass is 16.2. The van der Waals surface area contributed by atoms with Gasteiger partial charge in [0, 0.05) is 44.0 Å². The van der Waals surface area contributed by atoms with Crippen molar-refractivity contribution in [3.05, 3.63) is 54.0 Å². The number of fused-ring (bicyclic) bond motifs is 4. The van der Waals surface area contributed by atoms with Crippen molar-refractivity contribution in [1.29, 1.82) is 5.26 Å². The minimum Gasteiger partial charge on any atom is -0.353 e. The predicted octanol–water partition coefficient (Wildman–Crippen LogP) is 2.80. The first kappa shape index (κ1) is 18.1. The summed E-state index contributed by atoms with van der Waals surface area (Å²) in [6.07, 6.45) is 8.00. The van der Waals surface area contributed by atoms with Crippen LogP contribution in [0.15, 0.2) is 42.7 Å². The minimum absolute atomic E-state index is 0.205. The Morgan fingerprint density at radius 2 is 1.90 bits per heavy atom. The van der Waals surface area contributed by atoms with Gasteiger partial charge in [-0.2, -0.15) is 5.26 Å². The largest absolute Gasteiger partial charge is 0.353 e. The highest BCUT2D eigenvalue weighted by Gasteiger charge is 2.49. The molecule has 3 aliphatic heterocycles. The van der Waals surface area contributed by atoms with Crippen LogP contribution in [0.5, 0.6) is 0 Å². The Balaban J connectivity index is 1.49. The molecular weight excluding hydrogens is 362 g/mol. The summed E-state index contributed by atoms with van der Waals surface area (Å²) < 4.78 is 0. The summed E-state index contributed by atoms with van der Waals surface area (Å²) in [6.45, 7) is 1.66. The van der Waals surface area contributed by atoms with Gasteiger partial charge >= 0.3 is 0 Å². The number of carbonyl (C=O) groups excluding carboxylic acids is 1. The summed E-state index contributed by atoms with van der Waals surface area (Å²) in [5.74, 6) is 1.82. The van der Waals surface area contributed by atoms with Crippen molar-refractivity contribution in [1.82, 2.24) is 14.9 Å². The van der Waals surface area contributed by atoms with Crippen molar-refractivity contribution in [3.8, 4) is 6.07 Å². The third kappa shape index (κ3) is 3.25. The molecule has 5 rings (SSSR count). The number of anilines is 1. The van der Waals surface area contributed by atoms with Gasteiger partial charge < -0.3 is 9.80 Å². The Bertz CT molecular complexity index is 940. The average Bonchev–Trinajstić information content (AvgIpc) is 2.77. The standard InChI is InChI=1S/C23H25N5O/c24-13-19-23(26-10-9-25-19)27-14-17-12-18(15-27)21(11-16-5-2-1-3-6-16)28-20(17)7-4-8-22(28)29/h1-3,5-6,9-10,17-18,20-21H,4,7-8,11-12,14-15H2/t17-,18+,20+,21+/m1/s1. The molecule has 4 atom stereocenters. The molecule has 4 heterocycles. The van der Waals surface area contributed by atoms with Crippen LogP contribution < -0.4 is 4.90 Å². The quantitative estimate of drug-likeness (QED) is 0.810. The number of carbonyl (C=O) groups is 1. The van der Waals surface area contributed by atoms with E-state index in [9.17, 15) is 10.1 Å². The lowest BCUT2D eigenvalue weighted by Crippen LogP contribution is -2.65. The van der Waals surface area contributed by atoms with Crippen molar-refractivity contribution in [2.45, 2.75) is 44.2 Å². The van der Waals surface area contributed by atoms with Gasteiger partial charge in [-0.05, 0) is 43.1 Å². The Kier molecular flexibility index (Phi) is 4.67. The Morgan fingerprint density at radius 3 is 2.72 bits per heavy atom. The molecule has 1 aromatic heterocycles. The zero-order chi connectivity index (χ0) is 19.8. The molecule has 1 amide bonds. The molecule has 148 valence electrons. The van der Waals surface area contributed by atoms with Crippen LogP contribution in [0.25, 0.3) is 0 Å². The van der Waals surface area contributed by atoms with Gasteiger partial charge in [0.2, 0.25) is 5.91 Å². The molecule has 0 saturated carbocycles. The minimum atomic E-state index is 0.205. The highest BCUT2D eigenvalue weighted by Crippen LogP contribution is 2.43. The van der Waals surface area contributed by atoms with Crippen LogP contribution in [0.2, 0.25) is 0 Å². The maximum Gasteiger partial charge on any atom is 0.223 e. The van der Waals surface area contributed by atoms with Crippen LogP contribution >= 0.6 is 0 Å². The fourth-order valence-corrected chi connectivity index (χ4v) is 5.71. The first-order valence-electron chi connectivity index (χ1n) is 10.6. The Labute approximate surface area is 171 Å². The van der Waals surface area contributed by atoms with E-state index in [-0.39, 0.29) is 6.04 Å². The number of nitrogens with zero attached hydrogens (tertiary/aromatic N) is 5. The van der Waals surface area contributed by atoms with Crippen LogP contribution in [0.4, 0.5) is 5.82 Å². The third-order valence-electron chi connectivity index (χ3n) is 6.87. The van der Waals surface area contributed by atoms with Gasteiger partial charge in [0.25, 0.3) is 0 Å². The van der Waals surface area contributed by atoms with E-state index in [2.05, 4.69) is 50.1 Å². The Morgan fingerprint density at radius 1 is 1.10 bits per heavy atom. The number of nitriles is 1. The summed E-state index contributed by atoms with van der Waals surface area (Å²) in [6, 6.07) is 13.2. The van der Waals surface area contributed by atoms with E-state index in [0.717, 1.165) is 38.8 Å². The highest BCUT2D eigenvalue weighted by molar-refractivity contribution is 5.78. The molecule has 0 aliphatic carbocycles. The van der Waals surface area contributed by atoms with E-state index < -0.39 is 0 Å². The number of aromatic nitrogens is 2. The first-order valence-corrected chi connectivity index (χ1v) is 10.6. The van der Waals surface area contributed by atoms with Gasteiger partial charge in [0.1, 0.15) is 6.07 Å². The molecule has 6 nitrogen and oxygen atoms in total. The van der Waals surface area contributed by atoms with Crippen LogP contribution in [0.3, 0.4) is 0 Å². The molecule has 0 spiro atoms. The number of piperidine rings is 3. The summed E-state index contributed by atoms with van der Waals surface area (Å²) in [4.78, 5) is 26.2. The maximum atomic E-state index is 13.0. The molecule has 3 aliphatic rings. The topological polar surface area (TPSA) is 73.1 Å². The van der Waals surface area contributed by atoms with Crippen molar-refractivity contribution >= 4 is 11.7 Å². The predicted molar refractivity (Wildman–Crippen MR) is 109 cm³/mol. The average molecular weight is 387 g/mol. The number of amides is 1. The van der Waals surface area contributed by atoms with Gasteiger partial charge in [-0.15, -0.1) is 0 Å². The number of benzene rings is 1. The third-order valence-corrected chi connectivity index (χ3v) is 6.87. The number of hydrogen-bond acceptors (Lipinski definition) is 5. The second-order valence-electron chi connectivity index (χ2n) is 8.52. The van der Waals surface area contributed by atoms with E-state index in [1.54, 1.807) is 12.4 Å². The second-order valence-corrected chi connectivity index (χ2v) is 8.52. The van der Waals surface area contributed by atoms with Gasteiger partial charge in [-0.3, -0.25) is 4.79 Å². The maximum absolute atomic E-state index is 13.0. The molecule has 0 N–H and O–H groups in total. The molecule has 0 unspecified atom stereocenters. The number of hydrogen-bond donors (Lipinski definition) is 0. The molecule has 29 heavy (non-hydrogen) atoms. The first-order chi connectivity index (χ1) is 14.2. The van der Waals surface area contributed by atoms with Gasteiger partial charge in [0.05, 0.1) is 0 Å². The van der Waals surface area contributed by atoms with Crippen LogP contribution in [0, 0.1) is 23.2 Å². The molecule has 1 aromatic carbocycles. The monoisotopic (exact) mass is 387 g/mol. The normalized spacial score (nSPS) is 28.6. The molecular formula is C23H25N5O. The van der Waals surface area contributed by atoms with E-state index in [4.69, 9.17) is 0 Å². The second kappa shape index (κ2) is 7.47. The summed E-state index contributed by atoms with van der Waals surface area (Å²) in [7, 11) is 0. The molecule has 0 radical (unpaired) electrons. The van der Waals surface area contributed by atoms with Gasteiger partial charge in [0.15, 0.2) is 11.5 Å². The van der Waals surface area contributed by atoms with Gasteiger partial charge in [-0.1, -0.05) is 30.3 Å². The van der Waals surface area contributed by atoms with Gasteiger partial charge in [-0.25, -0.2) is 9.97 Å². The zero-order valence-electron chi connectivity index (χ0n) is 16.4. The molecule has 2 bridgehead atoms. The van der Waals surface area contributed by atoms with Crippen molar-refractivity contribution in [3.63, 3.8) is 0 Å². The van der Waals surface area contributed by atoms with E-state index >= 15 is 0 Å². The molecule has 6 heteroatoms. The summed E-state index contributed by atoms with van der Waals surface area (Å²) in [5, 5.41) is 9.49. The van der Waals surface area contributed by atoms with E-state index in [0.29, 0.717) is 41.7 Å². The number of rotatable bonds is 3. The van der Waals surface area contributed by atoms with E-state index in [1.807, 2.05) is 6.07 Å². The Hall–Kier alpha value is -2.94. The molecule has 3 fully saturated rings. The zero-order valence-corrected chi connectivity index (χ0v) is 16.4. The van der Waals surface area contributed by atoms with Crippen LogP contribution in [0.1, 0.15) is 36.9 Å². The van der Waals surface area contributed by atoms with E-state index in [1.165, 1.54) is 5.56 Å². The molecule has 3 saturated heterocycles. The van der Waals surface area contributed by atoms with Crippen LogP contribution in [-0.2, 0) is 11.2 Å². The fraction of sp³-hybridized carbons (Fsp3) is 0.478. The van der Waals surface area contributed by atoms with Crippen molar-refractivity contribution in [2.24, 2.45) is 11.8 Å². The fourth-order valence-electron chi connectivity index (χ4n) is 5.71. The summed E-state index contributed by atoms with van der Waals surface area (Å²) >= 11 is 0. The van der Waals surface area contributed by atoms with Crippen molar-refractivity contribution < 1.29 is 4.79 Å². The smallest absolute Gasteiger partial charge is 0.223 e. The molecule has 2 aromatic rings. The summed E-state index contributed by atoms with van der Waals surface area (Å²) in [5.41, 5.74) is 1.67. The lowest BCUT2D eigenvalue weighted by atomic mass is 9.70.